The molecule has 0 spiro atoms. The van der Waals surface area contributed by atoms with Crippen LogP contribution in [0.1, 0.15) is 16.7 Å². The number of hydrogen-bond donors (Lipinski definition) is 0. The molecule has 4 rings (SSSR count). The molecule has 1 nitrogen and oxygen atoms in total. The van der Waals surface area contributed by atoms with Gasteiger partial charge in [0.15, 0.2) is 0 Å². The quantitative estimate of drug-likeness (QED) is 0.605. The fourth-order valence-corrected chi connectivity index (χ4v) is 3.97. The number of rotatable bonds is 1. The molecule has 0 amide bonds. The summed E-state index contributed by atoms with van der Waals surface area (Å²) in [4.78, 5) is 2.36. The smallest absolute Gasteiger partial charge is 0.0246 e. The van der Waals surface area contributed by atoms with Crippen LogP contribution in [0.25, 0.3) is 11.1 Å². The lowest BCUT2D eigenvalue weighted by Crippen LogP contribution is -2.25. The molecule has 0 unspecified atom stereocenters. The van der Waals surface area contributed by atoms with E-state index < -0.39 is 0 Å². The summed E-state index contributed by atoms with van der Waals surface area (Å²) in [6.45, 7) is 2.02. The minimum absolute atomic E-state index is 1.00. The van der Waals surface area contributed by atoms with Crippen molar-refractivity contribution in [2.24, 2.45) is 0 Å². The fourth-order valence-electron chi connectivity index (χ4n) is 3.34. The van der Waals surface area contributed by atoms with Crippen LogP contribution >= 0.6 is 31.9 Å². The molecule has 0 fully saturated rings. The number of nitrogens with zero attached hydrogens (tertiary/aromatic N) is 1. The van der Waals surface area contributed by atoms with Crippen LogP contribution in [-0.4, -0.2) is 25.0 Å². The van der Waals surface area contributed by atoms with Crippen molar-refractivity contribution in [3.05, 3.63) is 79.7 Å². The summed E-state index contributed by atoms with van der Waals surface area (Å²) in [5.74, 6) is 0. The average molecular weight is 417 g/mol. The predicted octanol–water partition coefficient (Wildman–Crippen LogP) is 5.36. The Balaban J connectivity index is 1.99. The van der Waals surface area contributed by atoms with Crippen LogP contribution in [-0.2, 0) is 0 Å². The lowest BCUT2D eigenvalue weighted by atomic mass is 9.96. The van der Waals surface area contributed by atoms with Crippen LogP contribution in [0.5, 0.6) is 0 Å². The highest BCUT2D eigenvalue weighted by molar-refractivity contribution is 9.10. The van der Waals surface area contributed by atoms with Gasteiger partial charge in [0.2, 0.25) is 0 Å². The van der Waals surface area contributed by atoms with Crippen LogP contribution in [0.4, 0.5) is 0 Å². The molecule has 1 aliphatic carbocycles. The van der Waals surface area contributed by atoms with Crippen LogP contribution < -0.4 is 0 Å². The first-order chi connectivity index (χ1) is 10.6. The van der Waals surface area contributed by atoms with Crippen molar-refractivity contribution in [2.45, 2.75) is 0 Å². The summed E-state index contributed by atoms with van der Waals surface area (Å²) in [7, 11) is 2.18. The normalized spacial score (nSPS) is 17.3. The highest BCUT2D eigenvalue weighted by Gasteiger charge is 2.29. The van der Waals surface area contributed by atoms with E-state index in [-0.39, 0.29) is 0 Å². The van der Waals surface area contributed by atoms with E-state index >= 15 is 0 Å². The van der Waals surface area contributed by atoms with Gasteiger partial charge in [0.1, 0.15) is 0 Å². The largest absolute Gasteiger partial charge is 0.298 e. The van der Waals surface area contributed by atoms with E-state index in [9.17, 15) is 0 Å². The summed E-state index contributed by atoms with van der Waals surface area (Å²) in [5, 5.41) is 0. The molecule has 0 radical (unpaired) electrons. The third-order valence-corrected chi connectivity index (χ3v) is 5.36. The zero-order valence-corrected chi connectivity index (χ0v) is 15.4. The molecular weight excluding hydrogens is 402 g/mol. The first kappa shape index (κ1) is 14.4. The molecule has 1 aliphatic heterocycles. The van der Waals surface area contributed by atoms with Crippen LogP contribution in [0.15, 0.2) is 63.1 Å². The molecule has 0 saturated carbocycles. The van der Waals surface area contributed by atoms with Crippen molar-refractivity contribution in [1.82, 2.24) is 4.90 Å². The van der Waals surface area contributed by atoms with Gasteiger partial charge in [-0.1, -0.05) is 56.1 Å². The number of halogens is 2. The van der Waals surface area contributed by atoms with E-state index in [0.717, 1.165) is 22.0 Å². The van der Waals surface area contributed by atoms with Gasteiger partial charge in [-0.25, -0.2) is 0 Å². The number of hydrogen-bond acceptors (Lipinski definition) is 1. The van der Waals surface area contributed by atoms with Crippen molar-refractivity contribution >= 4 is 43.0 Å². The van der Waals surface area contributed by atoms with Crippen LogP contribution in [0, 0.1) is 0 Å². The summed E-state index contributed by atoms with van der Waals surface area (Å²) in [6, 6.07) is 15.3. The summed E-state index contributed by atoms with van der Waals surface area (Å²) in [5.41, 5.74) is 8.23. The van der Waals surface area contributed by atoms with Crippen molar-refractivity contribution in [1.29, 1.82) is 0 Å². The van der Waals surface area contributed by atoms with Gasteiger partial charge in [0, 0.05) is 22.0 Å². The van der Waals surface area contributed by atoms with E-state index in [1.165, 1.54) is 33.4 Å². The Morgan fingerprint density at radius 2 is 1.64 bits per heavy atom. The fraction of sp³-hybridized carbons (Fsp3) is 0.158. The van der Waals surface area contributed by atoms with Crippen molar-refractivity contribution < 1.29 is 0 Å². The third-order valence-electron chi connectivity index (χ3n) is 4.34. The topological polar surface area (TPSA) is 3.24 Å². The van der Waals surface area contributed by atoms with Gasteiger partial charge in [-0.3, -0.25) is 4.90 Å². The Labute approximate surface area is 147 Å². The minimum Gasteiger partial charge on any atom is -0.298 e. The molecular formula is C19H15Br2N. The van der Waals surface area contributed by atoms with Gasteiger partial charge >= 0.3 is 0 Å². The second-order valence-electron chi connectivity index (χ2n) is 5.86. The minimum atomic E-state index is 1.00. The predicted molar refractivity (Wildman–Crippen MR) is 99.8 cm³/mol. The number of fused-ring (bicyclic) bond motifs is 3. The molecule has 1 heterocycles. The van der Waals surface area contributed by atoms with Gasteiger partial charge in [-0.05, 0) is 64.7 Å². The van der Waals surface area contributed by atoms with E-state index in [1.54, 1.807) is 0 Å². The van der Waals surface area contributed by atoms with Gasteiger partial charge in [-0.15, -0.1) is 0 Å². The maximum atomic E-state index is 3.63. The van der Waals surface area contributed by atoms with Gasteiger partial charge < -0.3 is 0 Å². The Hall–Kier alpha value is -1.16. The summed E-state index contributed by atoms with van der Waals surface area (Å²) in [6.07, 6.45) is 2.36. The highest BCUT2D eigenvalue weighted by atomic mass is 79.9. The Morgan fingerprint density at radius 1 is 0.909 bits per heavy atom. The van der Waals surface area contributed by atoms with E-state index in [2.05, 4.69) is 92.3 Å². The molecule has 0 bridgehead atoms. The number of likely N-dealkylation sites (N-methyl/N-ethyl adjacent to an activating group) is 1. The SMILES string of the molecule is CN1CC=C2C(=C(c3ccc(Br)cc3)c3cc(Br)ccc32)C1. The molecule has 2 aromatic carbocycles. The van der Waals surface area contributed by atoms with Crippen LogP contribution in [0.3, 0.4) is 0 Å². The molecule has 2 aliphatic rings. The van der Waals surface area contributed by atoms with Gasteiger partial charge in [0.05, 0.1) is 0 Å². The lowest BCUT2D eigenvalue weighted by molar-refractivity contribution is 0.401. The molecule has 0 N–H and O–H groups in total. The van der Waals surface area contributed by atoms with Crippen molar-refractivity contribution in [2.75, 3.05) is 20.1 Å². The molecule has 3 heteroatoms. The average Bonchev–Trinajstić information content (AvgIpc) is 2.80. The van der Waals surface area contributed by atoms with E-state index in [0.29, 0.717) is 0 Å². The maximum absolute atomic E-state index is 3.63. The molecule has 22 heavy (non-hydrogen) atoms. The van der Waals surface area contributed by atoms with Crippen LogP contribution in [0.2, 0.25) is 0 Å². The Bertz CT molecular complexity index is 816. The molecule has 110 valence electrons. The molecule has 0 atom stereocenters. The zero-order valence-electron chi connectivity index (χ0n) is 12.2. The Morgan fingerprint density at radius 3 is 2.41 bits per heavy atom. The summed E-state index contributed by atoms with van der Waals surface area (Å²) < 4.78 is 2.25. The monoisotopic (exact) mass is 415 g/mol. The van der Waals surface area contributed by atoms with E-state index in [4.69, 9.17) is 0 Å². The van der Waals surface area contributed by atoms with Crippen molar-refractivity contribution in [3.63, 3.8) is 0 Å². The third kappa shape index (κ3) is 2.32. The maximum Gasteiger partial charge on any atom is 0.0246 e. The van der Waals surface area contributed by atoms with Gasteiger partial charge in [0.25, 0.3) is 0 Å². The molecule has 0 aromatic heterocycles. The number of benzene rings is 2. The van der Waals surface area contributed by atoms with Gasteiger partial charge in [-0.2, -0.15) is 0 Å². The zero-order chi connectivity index (χ0) is 15.3. The second kappa shape index (κ2) is 5.48. The lowest BCUT2D eigenvalue weighted by Gasteiger charge is -2.23. The highest BCUT2D eigenvalue weighted by Crippen LogP contribution is 2.46. The standard InChI is InChI=1S/C19H15Br2N/c1-22-9-8-16-15-7-6-14(21)10-17(15)19(18(16)11-22)12-2-4-13(20)5-3-12/h2-8,10H,9,11H2,1H3. The second-order valence-corrected chi connectivity index (χ2v) is 7.70. The summed E-state index contributed by atoms with van der Waals surface area (Å²) >= 11 is 7.16. The first-order valence-electron chi connectivity index (χ1n) is 7.32. The molecule has 0 saturated heterocycles. The Kier molecular flexibility index (Phi) is 3.60. The van der Waals surface area contributed by atoms with E-state index in [1.807, 2.05) is 0 Å². The first-order valence-corrected chi connectivity index (χ1v) is 8.90. The molecule has 2 aromatic rings. The van der Waals surface area contributed by atoms with Crippen molar-refractivity contribution in [3.8, 4) is 0 Å².